The Morgan fingerprint density at radius 3 is 2.62 bits per heavy atom. The van der Waals surface area contributed by atoms with Gasteiger partial charge in [0.25, 0.3) is 0 Å². The number of hydrogen-bond acceptors (Lipinski definition) is 2. The minimum Gasteiger partial charge on any atom is -0.381 e. The summed E-state index contributed by atoms with van der Waals surface area (Å²) in [6.45, 7) is 5.60. The molecule has 1 heterocycles. The Hall–Kier alpha value is -0.570. The average molecular weight is 184 g/mol. The second-order valence-corrected chi connectivity index (χ2v) is 3.44. The van der Waals surface area contributed by atoms with Gasteiger partial charge in [-0.25, -0.2) is 0 Å². The molecule has 0 aromatic rings. The number of ether oxygens (including phenoxy) is 1. The van der Waals surface area contributed by atoms with Crippen molar-refractivity contribution in [3.63, 3.8) is 0 Å². The van der Waals surface area contributed by atoms with Crippen molar-refractivity contribution in [3.05, 3.63) is 0 Å². The molecule has 1 N–H and O–H groups in total. The molecule has 0 radical (unpaired) electrons. The minimum absolute atomic E-state index is 0.700. The summed E-state index contributed by atoms with van der Waals surface area (Å²) >= 11 is 0. The van der Waals surface area contributed by atoms with Crippen molar-refractivity contribution in [2.24, 2.45) is 0 Å². The van der Waals surface area contributed by atoms with Gasteiger partial charge in [0.2, 0.25) is 0 Å². The molecule has 0 bridgehead atoms. The van der Waals surface area contributed by atoms with E-state index in [1.165, 1.54) is 19.3 Å². The van der Waals surface area contributed by atoms with Crippen LogP contribution in [0.2, 0.25) is 0 Å². The first kappa shape index (κ1) is 10.5. The highest BCUT2D eigenvalue weighted by Gasteiger charge is 2.12. The third kappa shape index (κ3) is 3.77. The maximum atomic E-state index is 7.81. The van der Waals surface area contributed by atoms with E-state index in [1.807, 2.05) is 6.92 Å². The van der Waals surface area contributed by atoms with Gasteiger partial charge in [0, 0.05) is 26.1 Å². The van der Waals surface area contributed by atoms with Crippen LogP contribution in [0.25, 0.3) is 0 Å². The zero-order chi connectivity index (χ0) is 9.52. The molecule has 0 saturated carbocycles. The predicted octanol–water partition coefficient (Wildman–Crippen LogP) is 1.88. The van der Waals surface area contributed by atoms with Crippen LogP contribution in [0.1, 0.15) is 32.6 Å². The normalized spacial score (nSPS) is 17.5. The highest BCUT2D eigenvalue weighted by Crippen LogP contribution is 2.09. The largest absolute Gasteiger partial charge is 0.381 e. The fraction of sp³-hybridized carbons (Fsp3) is 0.900. The second kappa shape index (κ2) is 5.97. The molecular formula is C10H20N2O. The summed E-state index contributed by atoms with van der Waals surface area (Å²) in [7, 11) is 0. The number of piperidine rings is 1. The van der Waals surface area contributed by atoms with E-state index in [0.29, 0.717) is 6.61 Å². The standard InChI is InChI=1S/C10H20N2O/c1-2-13-9-6-10(11)12-7-4-3-5-8-12/h11H,2-9H2,1H3. The van der Waals surface area contributed by atoms with Gasteiger partial charge in [0.05, 0.1) is 12.4 Å². The highest BCUT2D eigenvalue weighted by molar-refractivity contribution is 5.79. The van der Waals surface area contributed by atoms with Gasteiger partial charge in [-0.15, -0.1) is 0 Å². The molecule has 1 aliphatic rings. The van der Waals surface area contributed by atoms with Gasteiger partial charge in [-0.1, -0.05) is 0 Å². The maximum absolute atomic E-state index is 7.81. The van der Waals surface area contributed by atoms with Crippen LogP contribution in [0.3, 0.4) is 0 Å². The summed E-state index contributed by atoms with van der Waals surface area (Å²) in [5.74, 6) is 0.758. The predicted molar refractivity (Wildman–Crippen MR) is 54.3 cm³/mol. The number of nitrogens with zero attached hydrogens (tertiary/aromatic N) is 1. The van der Waals surface area contributed by atoms with Crippen LogP contribution in [0.4, 0.5) is 0 Å². The van der Waals surface area contributed by atoms with Crippen LogP contribution < -0.4 is 0 Å². The molecule has 1 saturated heterocycles. The topological polar surface area (TPSA) is 36.3 Å². The molecule has 3 nitrogen and oxygen atoms in total. The lowest BCUT2D eigenvalue weighted by molar-refractivity contribution is 0.152. The molecule has 0 atom stereocenters. The number of amidine groups is 1. The fourth-order valence-electron chi connectivity index (χ4n) is 1.64. The van der Waals surface area contributed by atoms with E-state index < -0.39 is 0 Å². The molecule has 0 aromatic heterocycles. The van der Waals surface area contributed by atoms with E-state index in [4.69, 9.17) is 10.1 Å². The first-order valence-electron chi connectivity index (χ1n) is 5.24. The second-order valence-electron chi connectivity index (χ2n) is 3.44. The van der Waals surface area contributed by atoms with E-state index in [1.54, 1.807) is 0 Å². The molecule has 0 unspecified atom stereocenters. The van der Waals surface area contributed by atoms with Crippen LogP contribution in [0.5, 0.6) is 0 Å². The van der Waals surface area contributed by atoms with Crippen molar-refractivity contribution < 1.29 is 4.74 Å². The quantitative estimate of drug-likeness (QED) is 0.411. The lowest BCUT2D eigenvalue weighted by atomic mass is 10.1. The van der Waals surface area contributed by atoms with Crippen LogP contribution in [0, 0.1) is 5.41 Å². The van der Waals surface area contributed by atoms with Crippen LogP contribution in [0.15, 0.2) is 0 Å². The smallest absolute Gasteiger partial charge is 0.0980 e. The Bertz CT molecular complexity index is 153. The van der Waals surface area contributed by atoms with E-state index >= 15 is 0 Å². The van der Waals surface area contributed by atoms with Crippen molar-refractivity contribution in [1.82, 2.24) is 4.90 Å². The zero-order valence-corrected chi connectivity index (χ0v) is 8.51. The summed E-state index contributed by atoms with van der Waals surface area (Å²) in [6.07, 6.45) is 4.59. The third-order valence-electron chi connectivity index (χ3n) is 2.43. The highest BCUT2D eigenvalue weighted by atomic mass is 16.5. The monoisotopic (exact) mass is 184 g/mol. The first-order valence-corrected chi connectivity index (χ1v) is 5.24. The summed E-state index contributed by atoms with van der Waals surface area (Å²) in [5.41, 5.74) is 0. The molecule has 1 aliphatic heterocycles. The van der Waals surface area contributed by atoms with Crippen molar-refractivity contribution in [2.75, 3.05) is 26.3 Å². The Kier molecular flexibility index (Phi) is 4.83. The molecule has 76 valence electrons. The molecule has 1 fully saturated rings. The molecule has 3 heteroatoms. The van der Waals surface area contributed by atoms with E-state index in [2.05, 4.69) is 4.90 Å². The van der Waals surface area contributed by atoms with Gasteiger partial charge in [-0.3, -0.25) is 5.41 Å². The van der Waals surface area contributed by atoms with E-state index in [-0.39, 0.29) is 0 Å². The Morgan fingerprint density at radius 2 is 2.00 bits per heavy atom. The van der Waals surface area contributed by atoms with Gasteiger partial charge in [0.15, 0.2) is 0 Å². The van der Waals surface area contributed by atoms with Crippen molar-refractivity contribution in [3.8, 4) is 0 Å². The Labute approximate surface area is 80.6 Å². The first-order chi connectivity index (χ1) is 6.34. The van der Waals surface area contributed by atoms with Crippen molar-refractivity contribution in [2.45, 2.75) is 32.6 Å². The third-order valence-corrected chi connectivity index (χ3v) is 2.43. The van der Waals surface area contributed by atoms with Gasteiger partial charge >= 0.3 is 0 Å². The van der Waals surface area contributed by atoms with Gasteiger partial charge < -0.3 is 9.64 Å². The van der Waals surface area contributed by atoms with Crippen LogP contribution in [-0.2, 0) is 4.74 Å². The molecule has 13 heavy (non-hydrogen) atoms. The summed E-state index contributed by atoms with van der Waals surface area (Å²) in [5, 5.41) is 7.81. The fourth-order valence-corrected chi connectivity index (χ4v) is 1.64. The number of nitrogens with one attached hydrogen (secondary N) is 1. The van der Waals surface area contributed by atoms with Crippen molar-refractivity contribution >= 4 is 5.84 Å². The minimum atomic E-state index is 0.700. The number of hydrogen-bond donors (Lipinski definition) is 1. The van der Waals surface area contributed by atoms with Crippen LogP contribution in [-0.4, -0.2) is 37.0 Å². The molecule has 0 amide bonds. The van der Waals surface area contributed by atoms with E-state index in [9.17, 15) is 0 Å². The molecule has 1 rings (SSSR count). The number of rotatable bonds is 4. The molecule has 0 aromatic carbocycles. The Morgan fingerprint density at radius 1 is 1.31 bits per heavy atom. The lowest BCUT2D eigenvalue weighted by Gasteiger charge is -2.28. The molecular weight excluding hydrogens is 164 g/mol. The SMILES string of the molecule is CCOCCC(=N)N1CCCCC1. The van der Waals surface area contributed by atoms with Crippen LogP contribution >= 0.6 is 0 Å². The van der Waals surface area contributed by atoms with E-state index in [0.717, 1.165) is 32.0 Å². The lowest BCUT2D eigenvalue weighted by Crippen LogP contribution is -2.35. The Balaban J connectivity index is 2.13. The number of likely N-dealkylation sites (tertiary alicyclic amines) is 1. The van der Waals surface area contributed by atoms with Gasteiger partial charge in [-0.05, 0) is 26.2 Å². The summed E-state index contributed by atoms with van der Waals surface area (Å²) in [4.78, 5) is 2.18. The van der Waals surface area contributed by atoms with Gasteiger partial charge in [0.1, 0.15) is 0 Å². The van der Waals surface area contributed by atoms with Crippen molar-refractivity contribution in [1.29, 1.82) is 5.41 Å². The van der Waals surface area contributed by atoms with Gasteiger partial charge in [-0.2, -0.15) is 0 Å². The summed E-state index contributed by atoms with van der Waals surface area (Å²) in [6, 6.07) is 0. The zero-order valence-electron chi connectivity index (χ0n) is 8.51. The molecule has 0 spiro atoms. The average Bonchev–Trinajstić information content (AvgIpc) is 2.19. The summed E-state index contributed by atoms with van der Waals surface area (Å²) < 4.78 is 5.23. The maximum Gasteiger partial charge on any atom is 0.0980 e. The molecule has 0 aliphatic carbocycles.